The Morgan fingerprint density at radius 3 is 2.69 bits per heavy atom. The van der Waals surface area contributed by atoms with Crippen molar-refractivity contribution < 1.29 is 0 Å². The monoisotopic (exact) mass is 218 g/mol. The van der Waals surface area contributed by atoms with Gasteiger partial charge >= 0.3 is 0 Å². The van der Waals surface area contributed by atoms with E-state index in [0.717, 1.165) is 6.54 Å². The van der Waals surface area contributed by atoms with Crippen LogP contribution in [0.25, 0.3) is 0 Å². The van der Waals surface area contributed by atoms with E-state index in [0.29, 0.717) is 5.92 Å². The van der Waals surface area contributed by atoms with Gasteiger partial charge in [-0.25, -0.2) is 0 Å². The van der Waals surface area contributed by atoms with Crippen molar-refractivity contribution in [2.45, 2.75) is 45.6 Å². The van der Waals surface area contributed by atoms with E-state index in [-0.39, 0.29) is 0 Å². The van der Waals surface area contributed by atoms with Gasteiger partial charge in [-0.3, -0.25) is 9.88 Å². The molecule has 0 radical (unpaired) electrons. The first-order valence-corrected chi connectivity index (χ1v) is 6.43. The first-order valence-electron chi connectivity index (χ1n) is 6.43. The van der Waals surface area contributed by atoms with Crippen molar-refractivity contribution in [1.82, 2.24) is 9.88 Å². The van der Waals surface area contributed by atoms with Gasteiger partial charge in [0.1, 0.15) is 0 Å². The second-order valence-corrected chi connectivity index (χ2v) is 5.04. The molecule has 0 spiro atoms. The van der Waals surface area contributed by atoms with Crippen LogP contribution in [0.1, 0.15) is 50.3 Å². The molecule has 0 unspecified atom stereocenters. The number of rotatable bonds is 3. The Morgan fingerprint density at radius 2 is 2.00 bits per heavy atom. The lowest BCUT2D eigenvalue weighted by atomic mass is 10.0. The number of aromatic nitrogens is 1. The normalized spacial score (nSPS) is 17.9. The number of likely N-dealkylation sites (tertiary alicyclic amines) is 1. The highest BCUT2D eigenvalue weighted by Gasteiger charge is 2.14. The number of hydrogen-bond donors (Lipinski definition) is 0. The second-order valence-electron chi connectivity index (χ2n) is 5.04. The molecule has 1 fully saturated rings. The molecule has 1 aliphatic heterocycles. The third kappa shape index (κ3) is 2.82. The van der Waals surface area contributed by atoms with E-state index < -0.39 is 0 Å². The summed E-state index contributed by atoms with van der Waals surface area (Å²) in [6.07, 6.45) is 6.03. The third-order valence-corrected chi connectivity index (χ3v) is 3.32. The molecule has 88 valence electrons. The van der Waals surface area contributed by atoms with Crippen LogP contribution >= 0.6 is 0 Å². The summed E-state index contributed by atoms with van der Waals surface area (Å²) >= 11 is 0. The molecule has 2 rings (SSSR count). The summed E-state index contributed by atoms with van der Waals surface area (Å²) in [5.41, 5.74) is 2.69. The average Bonchev–Trinajstić information content (AvgIpc) is 2.31. The highest BCUT2D eigenvalue weighted by molar-refractivity contribution is 5.22. The summed E-state index contributed by atoms with van der Waals surface area (Å²) in [7, 11) is 0. The summed E-state index contributed by atoms with van der Waals surface area (Å²) in [5.74, 6) is 0.529. The zero-order chi connectivity index (χ0) is 11.4. The fourth-order valence-electron chi connectivity index (χ4n) is 2.46. The molecule has 0 N–H and O–H groups in total. The predicted molar refractivity (Wildman–Crippen MR) is 67.5 cm³/mol. The maximum Gasteiger partial charge on any atom is 0.0473 e. The van der Waals surface area contributed by atoms with Gasteiger partial charge in [-0.1, -0.05) is 26.3 Å². The van der Waals surface area contributed by atoms with Gasteiger partial charge in [0, 0.05) is 18.4 Å². The fourth-order valence-corrected chi connectivity index (χ4v) is 2.46. The molecule has 16 heavy (non-hydrogen) atoms. The van der Waals surface area contributed by atoms with Crippen molar-refractivity contribution in [3.63, 3.8) is 0 Å². The molecule has 2 heterocycles. The minimum absolute atomic E-state index is 0.529. The van der Waals surface area contributed by atoms with E-state index in [9.17, 15) is 0 Å². The summed E-state index contributed by atoms with van der Waals surface area (Å²) in [6.45, 7) is 8.05. The van der Waals surface area contributed by atoms with Crippen LogP contribution in [0.15, 0.2) is 18.3 Å². The molecule has 0 amide bonds. The molecule has 1 saturated heterocycles. The Balaban J connectivity index is 2.07. The number of nitrogens with zero attached hydrogens (tertiary/aromatic N) is 2. The van der Waals surface area contributed by atoms with Gasteiger partial charge in [0.05, 0.1) is 0 Å². The van der Waals surface area contributed by atoms with Crippen LogP contribution in [0.3, 0.4) is 0 Å². The minimum Gasteiger partial charge on any atom is -0.299 e. The third-order valence-electron chi connectivity index (χ3n) is 3.32. The van der Waals surface area contributed by atoms with Crippen LogP contribution in [0.5, 0.6) is 0 Å². The zero-order valence-corrected chi connectivity index (χ0v) is 10.4. The van der Waals surface area contributed by atoms with Gasteiger partial charge in [-0.15, -0.1) is 0 Å². The highest BCUT2D eigenvalue weighted by atomic mass is 15.1. The minimum atomic E-state index is 0.529. The van der Waals surface area contributed by atoms with Crippen LogP contribution in [0, 0.1) is 0 Å². The molecule has 0 aliphatic carbocycles. The Hall–Kier alpha value is -0.890. The van der Waals surface area contributed by atoms with Crippen molar-refractivity contribution in [1.29, 1.82) is 0 Å². The maximum absolute atomic E-state index is 4.52. The maximum atomic E-state index is 4.52. The average molecular weight is 218 g/mol. The van der Waals surface area contributed by atoms with E-state index in [4.69, 9.17) is 0 Å². The Labute approximate surface area is 98.7 Å². The Kier molecular flexibility index (Phi) is 3.94. The predicted octanol–water partition coefficient (Wildman–Crippen LogP) is 3.19. The first-order chi connectivity index (χ1) is 7.77. The van der Waals surface area contributed by atoms with Crippen molar-refractivity contribution >= 4 is 0 Å². The molecular formula is C14H22N2. The van der Waals surface area contributed by atoms with Crippen LogP contribution in [-0.4, -0.2) is 23.0 Å². The van der Waals surface area contributed by atoms with Crippen LogP contribution in [-0.2, 0) is 6.54 Å². The summed E-state index contributed by atoms with van der Waals surface area (Å²) in [4.78, 5) is 7.08. The molecule has 2 nitrogen and oxygen atoms in total. The standard InChI is InChI=1S/C14H22N2/c1-12(2)14-13(7-6-8-15-14)11-16-9-4-3-5-10-16/h6-8,12H,3-5,9-11H2,1-2H3. The Morgan fingerprint density at radius 1 is 1.25 bits per heavy atom. The van der Waals surface area contributed by atoms with Crippen LogP contribution in [0.2, 0.25) is 0 Å². The number of hydrogen-bond acceptors (Lipinski definition) is 2. The lowest BCUT2D eigenvalue weighted by Gasteiger charge is -2.27. The molecule has 0 atom stereocenters. The molecular weight excluding hydrogens is 196 g/mol. The van der Waals surface area contributed by atoms with E-state index in [1.54, 1.807) is 0 Å². The van der Waals surface area contributed by atoms with Crippen LogP contribution < -0.4 is 0 Å². The fraction of sp³-hybridized carbons (Fsp3) is 0.643. The van der Waals surface area contributed by atoms with Crippen molar-refractivity contribution in [3.8, 4) is 0 Å². The van der Waals surface area contributed by atoms with Gasteiger partial charge in [0.2, 0.25) is 0 Å². The van der Waals surface area contributed by atoms with Gasteiger partial charge in [-0.05, 0) is 43.5 Å². The smallest absolute Gasteiger partial charge is 0.0473 e. The quantitative estimate of drug-likeness (QED) is 0.774. The molecule has 0 aromatic carbocycles. The van der Waals surface area contributed by atoms with Gasteiger partial charge in [0.25, 0.3) is 0 Å². The van der Waals surface area contributed by atoms with E-state index in [1.807, 2.05) is 6.20 Å². The number of piperidine rings is 1. The van der Waals surface area contributed by atoms with Crippen LogP contribution in [0.4, 0.5) is 0 Å². The topological polar surface area (TPSA) is 16.1 Å². The first kappa shape index (κ1) is 11.6. The van der Waals surface area contributed by atoms with Gasteiger partial charge in [-0.2, -0.15) is 0 Å². The van der Waals surface area contributed by atoms with Gasteiger partial charge in [0.15, 0.2) is 0 Å². The highest BCUT2D eigenvalue weighted by Crippen LogP contribution is 2.19. The van der Waals surface area contributed by atoms with E-state index in [2.05, 4.69) is 35.9 Å². The lowest BCUT2D eigenvalue weighted by Crippen LogP contribution is -2.29. The summed E-state index contributed by atoms with van der Waals surface area (Å²) in [5, 5.41) is 0. The van der Waals surface area contributed by atoms with E-state index >= 15 is 0 Å². The summed E-state index contributed by atoms with van der Waals surface area (Å²) in [6, 6.07) is 4.29. The zero-order valence-electron chi connectivity index (χ0n) is 10.4. The molecule has 1 aromatic heterocycles. The molecule has 0 saturated carbocycles. The van der Waals surface area contributed by atoms with E-state index in [1.165, 1.54) is 43.6 Å². The van der Waals surface area contributed by atoms with Crippen molar-refractivity contribution in [2.24, 2.45) is 0 Å². The molecule has 0 bridgehead atoms. The van der Waals surface area contributed by atoms with Crippen molar-refractivity contribution in [3.05, 3.63) is 29.6 Å². The lowest BCUT2D eigenvalue weighted by molar-refractivity contribution is 0.220. The molecule has 2 heteroatoms. The second kappa shape index (κ2) is 5.44. The van der Waals surface area contributed by atoms with Crippen molar-refractivity contribution in [2.75, 3.05) is 13.1 Å². The largest absolute Gasteiger partial charge is 0.299 e. The summed E-state index contributed by atoms with van der Waals surface area (Å²) < 4.78 is 0. The number of pyridine rings is 1. The molecule has 1 aromatic rings. The van der Waals surface area contributed by atoms with Gasteiger partial charge < -0.3 is 0 Å². The molecule has 1 aliphatic rings. The SMILES string of the molecule is CC(C)c1ncccc1CN1CCCCC1. The Bertz CT molecular complexity index is 327.